The van der Waals surface area contributed by atoms with Gasteiger partial charge in [-0.05, 0) is 23.3 Å². The van der Waals surface area contributed by atoms with Gasteiger partial charge in [0, 0.05) is 12.1 Å². The van der Waals surface area contributed by atoms with Gasteiger partial charge in [0.2, 0.25) is 0 Å². The van der Waals surface area contributed by atoms with E-state index in [0.29, 0.717) is 5.92 Å². The fourth-order valence-electron chi connectivity index (χ4n) is 1.41. The summed E-state index contributed by atoms with van der Waals surface area (Å²) in [5, 5.41) is 10.5. The molecule has 1 atom stereocenters. The Morgan fingerprint density at radius 2 is 1.75 bits per heavy atom. The van der Waals surface area contributed by atoms with Gasteiger partial charge in [-0.15, -0.1) is 0 Å². The van der Waals surface area contributed by atoms with Gasteiger partial charge < -0.3 is 0 Å². The summed E-state index contributed by atoms with van der Waals surface area (Å²) in [7, 11) is 0. The fraction of sp³-hybridized carbons (Fsp3) is 0.538. The van der Waals surface area contributed by atoms with E-state index < -0.39 is 0 Å². The van der Waals surface area contributed by atoms with Crippen molar-refractivity contribution in [2.75, 3.05) is 0 Å². The van der Waals surface area contributed by atoms with Gasteiger partial charge in [-0.1, -0.05) is 39.8 Å². The topological polar surface area (TPSA) is 43.1 Å². The van der Waals surface area contributed by atoms with Crippen LogP contribution >= 0.6 is 0 Å². The van der Waals surface area contributed by atoms with Gasteiger partial charge in [0.05, 0.1) is 4.92 Å². The maximum atomic E-state index is 10.5. The zero-order chi connectivity index (χ0) is 12.3. The van der Waals surface area contributed by atoms with Crippen LogP contribution in [0.5, 0.6) is 0 Å². The summed E-state index contributed by atoms with van der Waals surface area (Å²) in [6.45, 7) is 8.84. The second kappa shape index (κ2) is 4.64. The molecule has 1 rings (SSSR count). The Hall–Kier alpha value is -1.38. The van der Waals surface area contributed by atoms with Crippen molar-refractivity contribution in [1.82, 2.24) is 0 Å². The van der Waals surface area contributed by atoms with Crippen LogP contribution in [-0.2, 0) is 6.42 Å². The van der Waals surface area contributed by atoms with E-state index in [4.69, 9.17) is 0 Å². The fourth-order valence-corrected chi connectivity index (χ4v) is 1.41. The minimum atomic E-state index is -0.364. The predicted octanol–water partition coefficient (Wildman–Crippen LogP) is 3.82. The quantitative estimate of drug-likeness (QED) is 0.575. The van der Waals surface area contributed by atoms with Gasteiger partial charge in [-0.25, -0.2) is 0 Å². The van der Waals surface area contributed by atoms with Crippen LogP contribution in [0.4, 0.5) is 5.69 Å². The minimum Gasteiger partial charge on any atom is -0.258 e. The van der Waals surface area contributed by atoms with Crippen LogP contribution in [-0.4, -0.2) is 4.92 Å². The summed E-state index contributed by atoms with van der Waals surface area (Å²) in [6, 6.07) is 6.84. The Kier molecular flexibility index (Phi) is 3.68. The zero-order valence-corrected chi connectivity index (χ0v) is 10.4. The summed E-state index contributed by atoms with van der Waals surface area (Å²) in [4.78, 5) is 10.1. The molecule has 0 saturated carbocycles. The number of nitrogens with zero attached hydrogens (tertiary/aromatic N) is 1. The first kappa shape index (κ1) is 12.7. The minimum absolute atomic E-state index is 0.159. The van der Waals surface area contributed by atoms with Crippen molar-refractivity contribution in [2.24, 2.45) is 11.3 Å². The van der Waals surface area contributed by atoms with E-state index in [9.17, 15) is 10.1 Å². The molecular weight excluding hydrogens is 202 g/mol. The number of hydrogen-bond donors (Lipinski definition) is 0. The van der Waals surface area contributed by atoms with Gasteiger partial charge in [0.1, 0.15) is 0 Å². The van der Waals surface area contributed by atoms with Crippen LogP contribution in [0.1, 0.15) is 33.3 Å². The lowest BCUT2D eigenvalue weighted by atomic mass is 9.78. The Morgan fingerprint density at radius 3 is 2.12 bits per heavy atom. The molecule has 3 nitrogen and oxygen atoms in total. The maximum Gasteiger partial charge on any atom is 0.269 e. The van der Waals surface area contributed by atoms with Crippen molar-refractivity contribution in [3.05, 3.63) is 39.9 Å². The van der Waals surface area contributed by atoms with Crippen molar-refractivity contribution in [2.45, 2.75) is 34.1 Å². The number of nitro benzene ring substituents is 1. The molecule has 0 spiro atoms. The SMILES string of the molecule is CC(Cc1ccc([N+](=O)[O-])cc1)C(C)(C)C. The van der Waals surface area contributed by atoms with Crippen molar-refractivity contribution >= 4 is 5.69 Å². The van der Waals surface area contributed by atoms with Gasteiger partial charge >= 0.3 is 0 Å². The molecule has 0 aliphatic rings. The van der Waals surface area contributed by atoms with E-state index in [1.54, 1.807) is 12.1 Å². The number of benzene rings is 1. The lowest BCUT2D eigenvalue weighted by molar-refractivity contribution is -0.384. The molecule has 0 fully saturated rings. The van der Waals surface area contributed by atoms with E-state index in [-0.39, 0.29) is 16.0 Å². The smallest absolute Gasteiger partial charge is 0.258 e. The highest BCUT2D eigenvalue weighted by Gasteiger charge is 2.20. The van der Waals surface area contributed by atoms with Crippen LogP contribution < -0.4 is 0 Å². The molecule has 16 heavy (non-hydrogen) atoms. The second-order valence-electron chi connectivity index (χ2n) is 5.39. The van der Waals surface area contributed by atoms with Crippen molar-refractivity contribution < 1.29 is 4.92 Å². The van der Waals surface area contributed by atoms with Crippen molar-refractivity contribution in [3.8, 4) is 0 Å². The van der Waals surface area contributed by atoms with Crippen LogP contribution in [0.2, 0.25) is 0 Å². The standard InChI is InChI=1S/C13H19NO2/c1-10(13(2,3)4)9-11-5-7-12(8-6-11)14(15)16/h5-8,10H,9H2,1-4H3. The summed E-state index contributed by atoms with van der Waals surface area (Å²) in [5.74, 6) is 0.550. The summed E-state index contributed by atoms with van der Waals surface area (Å²) >= 11 is 0. The molecule has 1 aromatic rings. The Bertz CT molecular complexity index is 363. The second-order valence-corrected chi connectivity index (χ2v) is 5.39. The normalized spacial score (nSPS) is 13.5. The molecule has 0 bridgehead atoms. The number of nitro groups is 1. The number of hydrogen-bond acceptors (Lipinski definition) is 2. The first-order valence-electron chi connectivity index (χ1n) is 5.54. The molecule has 1 unspecified atom stereocenters. The van der Waals surface area contributed by atoms with E-state index >= 15 is 0 Å². The summed E-state index contributed by atoms with van der Waals surface area (Å²) < 4.78 is 0. The van der Waals surface area contributed by atoms with Gasteiger partial charge in [0.15, 0.2) is 0 Å². The van der Waals surface area contributed by atoms with Gasteiger partial charge in [-0.3, -0.25) is 10.1 Å². The first-order valence-corrected chi connectivity index (χ1v) is 5.54. The van der Waals surface area contributed by atoms with Crippen molar-refractivity contribution in [3.63, 3.8) is 0 Å². The van der Waals surface area contributed by atoms with Crippen LogP contribution in [0, 0.1) is 21.4 Å². The molecule has 0 heterocycles. The molecule has 0 aliphatic carbocycles. The zero-order valence-electron chi connectivity index (χ0n) is 10.4. The molecular formula is C13H19NO2. The highest BCUT2D eigenvalue weighted by atomic mass is 16.6. The third-order valence-electron chi connectivity index (χ3n) is 3.17. The van der Waals surface area contributed by atoms with Crippen LogP contribution in [0.25, 0.3) is 0 Å². The number of rotatable bonds is 3. The monoisotopic (exact) mass is 221 g/mol. The summed E-state index contributed by atoms with van der Waals surface area (Å²) in [5.41, 5.74) is 1.59. The average molecular weight is 221 g/mol. The number of non-ortho nitro benzene ring substituents is 1. The van der Waals surface area contributed by atoms with Crippen LogP contribution in [0.3, 0.4) is 0 Å². The van der Waals surface area contributed by atoms with Gasteiger partial charge in [0.25, 0.3) is 5.69 Å². The van der Waals surface area contributed by atoms with Gasteiger partial charge in [-0.2, -0.15) is 0 Å². The molecule has 0 amide bonds. The first-order chi connectivity index (χ1) is 7.30. The van der Waals surface area contributed by atoms with Crippen molar-refractivity contribution in [1.29, 1.82) is 0 Å². The third-order valence-corrected chi connectivity index (χ3v) is 3.17. The van der Waals surface area contributed by atoms with E-state index in [1.807, 2.05) is 12.1 Å². The van der Waals surface area contributed by atoms with Crippen LogP contribution in [0.15, 0.2) is 24.3 Å². The Morgan fingerprint density at radius 1 is 1.25 bits per heavy atom. The highest BCUT2D eigenvalue weighted by Crippen LogP contribution is 2.28. The molecule has 0 aliphatic heterocycles. The Balaban J connectivity index is 2.73. The largest absolute Gasteiger partial charge is 0.269 e. The third kappa shape index (κ3) is 3.33. The highest BCUT2D eigenvalue weighted by molar-refractivity contribution is 5.33. The summed E-state index contributed by atoms with van der Waals surface area (Å²) in [6.07, 6.45) is 0.960. The Labute approximate surface area is 96.6 Å². The van der Waals surface area contributed by atoms with E-state index in [2.05, 4.69) is 27.7 Å². The molecule has 0 radical (unpaired) electrons. The van der Waals surface area contributed by atoms with E-state index in [0.717, 1.165) is 12.0 Å². The molecule has 0 aromatic heterocycles. The average Bonchev–Trinajstić information content (AvgIpc) is 2.17. The molecule has 3 heteroatoms. The lowest BCUT2D eigenvalue weighted by Gasteiger charge is -2.27. The molecule has 0 N–H and O–H groups in total. The van der Waals surface area contributed by atoms with E-state index in [1.165, 1.54) is 0 Å². The molecule has 0 saturated heterocycles. The molecule has 1 aromatic carbocycles. The lowest BCUT2D eigenvalue weighted by Crippen LogP contribution is -2.19. The molecule has 88 valence electrons. The maximum absolute atomic E-state index is 10.5. The predicted molar refractivity (Wildman–Crippen MR) is 65.4 cm³/mol.